The lowest BCUT2D eigenvalue weighted by Crippen LogP contribution is -2.33. The Morgan fingerprint density at radius 2 is 1.91 bits per heavy atom. The highest BCUT2D eigenvalue weighted by Gasteiger charge is 2.36. The molecule has 0 aliphatic carbocycles. The number of carbonyl (C=O) groups excluding carboxylic acids is 1. The van der Waals surface area contributed by atoms with Crippen LogP contribution in [0.3, 0.4) is 0 Å². The average molecular weight is 317 g/mol. The smallest absolute Gasteiger partial charge is 0.211 e. The molecule has 0 aromatic heterocycles. The lowest BCUT2D eigenvalue weighted by atomic mass is 9.94. The van der Waals surface area contributed by atoms with Gasteiger partial charge < -0.3 is 4.74 Å². The number of likely N-dealkylation sites (tertiary alicyclic amines) is 1. The Bertz CT molecular complexity index is 562. The molecule has 0 bridgehead atoms. The first-order valence-corrected chi connectivity index (χ1v) is 8.82. The molecule has 1 aromatic carbocycles. The molecular weight excluding hydrogens is 294 g/mol. The number of hydrogen-bond donors (Lipinski definition) is 0. The molecule has 118 valence electrons. The molecule has 0 amide bonds. The summed E-state index contributed by atoms with van der Waals surface area (Å²) in [4.78, 5) is 15.8. The van der Waals surface area contributed by atoms with Crippen molar-refractivity contribution in [2.45, 2.75) is 31.6 Å². The number of hydrogen-bond acceptors (Lipinski definition) is 4. The van der Waals surface area contributed by atoms with E-state index < -0.39 is 0 Å². The maximum atomic E-state index is 12.1. The van der Waals surface area contributed by atoms with E-state index in [1.54, 1.807) is 18.9 Å². The van der Waals surface area contributed by atoms with Crippen molar-refractivity contribution in [3.8, 4) is 0 Å². The number of nitrogens with zero attached hydrogens (tertiary/aromatic N) is 1. The summed E-state index contributed by atoms with van der Waals surface area (Å²) in [7, 11) is 1.62. The molecule has 0 spiro atoms. The molecule has 1 atom stereocenters. The summed E-state index contributed by atoms with van der Waals surface area (Å²) in [6.07, 6.45) is 2.23. The largest absolute Gasteiger partial charge is 0.492 e. The van der Waals surface area contributed by atoms with Gasteiger partial charge in [-0.3, -0.25) is 9.69 Å². The second kappa shape index (κ2) is 6.88. The number of allylic oxidation sites excluding steroid dienone is 2. The molecule has 0 N–H and O–H groups in total. The number of ether oxygens (including phenoxy) is 1. The van der Waals surface area contributed by atoms with Crippen LogP contribution in [-0.4, -0.2) is 36.1 Å². The summed E-state index contributed by atoms with van der Waals surface area (Å²) in [5.74, 6) is 1.27. The Morgan fingerprint density at radius 1 is 1.23 bits per heavy atom. The lowest BCUT2D eigenvalue weighted by Gasteiger charge is -2.32. The van der Waals surface area contributed by atoms with E-state index in [0.29, 0.717) is 11.7 Å². The topological polar surface area (TPSA) is 29.5 Å². The van der Waals surface area contributed by atoms with Crippen LogP contribution in [0.15, 0.2) is 41.0 Å². The van der Waals surface area contributed by atoms with Crippen molar-refractivity contribution in [3.05, 3.63) is 46.6 Å². The normalized spacial score (nSPS) is 24.1. The van der Waals surface area contributed by atoms with Crippen LogP contribution >= 0.6 is 11.8 Å². The molecule has 3 rings (SSSR count). The van der Waals surface area contributed by atoms with Gasteiger partial charge in [-0.25, -0.2) is 0 Å². The van der Waals surface area contributed by atoms with Gasteiger partial charge in [-0.05, 0) is 44.3 Å². The van der Waals surface area contributed by atoms with Gasteiger partial charge in [-0.1, -0.05) is 30.3 Å². The van der Waals surface area contributed by atoms with Gasteiger partial charge in [0.15, 0.2) is 5.76 Å². The molecule has 1 unspecified atom stereocenters. The molecule has 3 nitrogen and oxygen atoms in total. The Morgan fingerprint density at radius 3 is 2.55 bits per heavy atom. The van der Waals surface area contributed by atoms with Gasteiger partial charge >= 0.3 is 0 Å². The van der Waals surface area contributed by atoms with Gasteiger partial charge in [0.25, 0.3) is 0 Å². The zero-order valence-corrected chi connectivity index (χ0v) is 14.1. The van der Waals surface area contributed by atoms with E-state index in [0.717, 1.165) is 32.5 Å². The van der Waals surface area contributed by atoms with Crippen LogP contribution in [0.5, 0.6) is 0 Å². The van der Waals surface area contributed by atoms with Crippen LogP contribution in [0, 0.1) is 5.92 Å². The van der Waals surface area contributed by atoms with Crippen LogP contribution in [0.25, 0.3) is 0 Å². The standard InChI is InChI=1S/C18H23NO2S/c1-13-16(20)17(21-2)18(22-13)15-8-10-19(11-9-15)12-14-6-4-3-5-7-14/h3-7,13,15H,8-12H2,1-2H3. The second-order valence-electron chi connectivity index (χ2n) is 6.06. The van der Waals surface area contributed by atoms with Crippen molar-refractivity contribution in [2.75, 3.05) is 20.2 Å². The van der Waals surface area contributed by atoms with Gasteiger partial charge in [-0.2, -0.15) is 0 Å². The number of thioether (sulfide) groups is 1. The van der Waals surface area contributed by atoms with Gasteiger partial charge in [0.2, 0.25) is 5.78 Å². The number of carbonyl (C=O) groups is 1. The van der Waals surface area contributed by atoms with Crippen LogP contribution in [0.2, 0.25) is 0 Å². The fourth-order valence-corrected chi connectivity index (χ4v) is 4.60. The molecule has 1 aromatic rings. The summed E-state index contributed by atoms with van der Waals surface area (Å²) < 4.78 is 5.38. The molecule has 2 heterocycles. The zero-order chi connectivity index (χ0) is 15.5. The summed E-state index contributed by atoms with van der Waals surface area (Å²) in [5, 5.41) is 0.0206. The predicted molar refractivity (Wildman–Crippen MR) is 90.5 cm³/mol. The molecule has 0 radical (unpaired) electrons. The van der Waals surface area contributed by atoms with E-state index in [-0.39, 0.29) is 11.0 Å². The third-order valence-electron chi connectivity index (χ3n) is 4.53. The van der Waals surface area contributed by atoms with E-state index in [1.807, 2.05) is 6.92 Å². The van der Waals surface area contributed by atoms with Crippen molar-refractivity contribution in [3.63, 3.8) is 0 Å². The molecule has 1 fully saturated rings. The van der Waals surface area contributed by atoms with E-state index in [9.17, 15) is 4.79 Å². The van der Waals surface area contributed by atoms with Gasteiger partial charge in [-0.15, -0.1) is 11.8 Å². The number of benzene rings is 1. The van der Waals surface area contributed by atoms with Crippen molar-refractivity contribution in [2.24, 2.45) is 5.92 Å². The molecule has 4 heteroatoms. The Balaban J connectivity index is 1.60. The van der Waals surface area contributed by atoms with E-state index in [4.69, 9.17) is 4.74 Å². The Kier molecular flexibility index (Phi) is 4.89. The van der Waals surface area contributed by atoms with E-state index in [1.165, 1.54) is 10.5 Å². The van der Waals surface area contributed by atoms with Crippen LogP contribution in [-0.2, 0) is 16.1 Å². The van der Waals surface area contributed by atoms with Gasteiger partial charge in [0.1, 0.15) is 0 Å². The van der Waals surface area contributed by atoms with Gasteiger partial charge in [0, 0.05) is 11.4 Å². The molecule has 22 heavy (non-hydrogen) atoms. The second-order valence-corrected chi connectivity index (χ2v) is 7.44. The fourth-order valence-electron chi connectivity index (χ4n) is 3.28. The summed E-state index contributed by atoms with van der Waals surface area (Å²) in [5.41, 5.74) is 1.37. The van der Waals surface area contributed by atoms with Crippen molar-refractivity contribution >= 4 is 17.5 Å². The number of piperidine rings is 1. The molecule has 1 saturated heterocycles. The van der Waals surface area contributed by atoms with Crippen LogP contribution in [0.1, 0.15) is 25.3 Å². The molecule has 2 aliphatic rings. The first kappa shape index (κ1) is 15.6. The highest BCUT2D eigenvalue weighted by Crippen LogP contribution is 2.43. The molecular formula is C18H23NO2S. The fraction of sp³-hybridized carbons (Fsp3) is 0.500. The van der Waals surface area contributed by atoms with Crippen molar-refractivity contribution in [1.29, 1.82) is 0 Å². The number of Topliss-reactive ketones (excluding diaryl/α,β-unsaturated/α-hetero) is 1. The van der Waals surface area contributed by atoms with Crippen LogP contribution in [0.4, 0.5) is 0 Å². The summed E-state index contributed by atoms with van der Waals surface area (Å²) in [6, 6.07) is 10.6. The lowest BCUT2D eigenvalue weighted by molar-refractivity contribution is -0.117. The number of rotatable bonds is 4. The first-order chi connectivity index (χ1) is 10.7. The first-order valence-electron chi connectivity index (χ1n) is 7.94. The third kappa shape index (κ3) is 3.23. The van der Waals surface area contributed by atoms with E-state index >= 15 is 0 Å². The Hall–Kier alpha value is -1.26. The SMILES string of the molecule is COC1=C(C2CCN(Cc3ccccc3)CC2)SC(C)C1=O. The molecule has 0 saturated carbocycles. The maximum absolute atomic E-state index is 12.1. The minimum Gasteiger partial charge on any atom is -0.492 e. The summed E-state index contributed by atoms with van der Waals surface area (Å²) in [6.45, 7) is 5.17. The maximum Gasteiger partial charge on any atom is 0.211 e. The minimum absolute atomic E-state index is 0.0206. The highest BCUT2D eigenvalue weighted by atomic mass is 32.2. The average Bonchev–Trinajstić information content (AvgIpc) is 2.84. The quantitative estimate of drug-likeness (QED) is 0.850. The number of ketones is 1. The van der Waals surface area contributed by atoms with Crippen molar-refractivity contribution in [1.82, 2.24) is 4.90 Å². The summed E-state index contributed by atoms with van der Waals surface area (Å²) >= 11 is 1.70. The monoisotopic (exact) mass is 317 g/mol. The molecule has 2 aliphatic heterocycles. The van der Waals surface area contributed by atoms with Crippen molar-refractivity contribution < 1.29 is 9.53 Å². The zero-order valence-electron chi connectivity index (χ0n) is 13.2. The number of methoxy groups -OCH3 is 1. The van der Waals surface area contributed by atoms with Gasteiger partial charge in [0.05, 0.1) is 12.4 Å². The predicted octanol–water partition coefficient (Wildman–Crippen LogP) is 3.46. The highest BCUT2D eigenvalue weighted by molar-refractivity contribution is 8.04. The minimum atomic E-state index is 0.0206. The Labute approximate surface area is 136 Å². The third-order valence-corrected chi connectivity index (χ3v) is 5.87. The van der Waals surface area contributed by atoms with Crippen LogP contribution < -0.4 is 0 Å². The van der Waals surface area contributed by atoms with E-state index in [2.05, 4.69) is 35.2 Å².